The van der Waals surface area contributed by atoms with E-state index in [2.05, 4.69) is 24.1 Å². The van der Waals surface area contributed by atoms with Crippen molar-refractivity contribution in [1.82, 2.24) is 14.5 Å². The number of hydrogen-bond acceptors (Lipinski definition) is 5. The van der Waals surface area contributed by atoms with Gasteiger partial charge in [-0.2, -0.15) is 4.31 Å². The van der Waals surface area contributed by atoms with Crippen LogP contribution in [0.3, 0.4) is 0 Å². The summed E-state index contributed by atoms with van der Waals surface area (Å²) in [6.45, 7) is 8.48. The highest BCUT2D eigenvalue weighted by molar-refractivity contribution is 7.89. The predicted octanol–water partition coefficient (Wildman–Crippen LogP) is 2.21. The lowest BCUT2D eigenvalue weighted by Gasteiger charge is -2.33. The Balaban J connectivity index is 1.38. The summed E-state index contributed by atoms with van der Waals surface area (Å²) < 4.78 is 27.6. The van der Waals surface area contributed by atoms with E-state index in [0.717, 1.165) is 56.4 Å². The van der Waals surface area contributed by atoms with Crippen LogP contribution in [0.1, 0.15) is 51.5 Å². The van der Waals surface area contributed by atoms with Crippen molar-refractivity contribution in [3.05, 3.63) is 23.8 Å². The second kappa shape index (κ2) is 9.57. The zero-order valence-electron chi connectivity index (χ0n) is 18.8. The molecule has 1 amide bonds. The molecule has 3 aliphatic heterocycles. The van der Waals surface area contributed by atoms with Gasteiger partial charge < -0.3 is 10.2 Å². The summed E-state index contributed by atoms with van der Waals surface area (Å²) in [6.07, 6.45) is 5.80. The molecule has 0 spiro atoms. The molecule has 8 heteroatoms. The Bertz CT molecular complexity index is 888. The molecule has 0 saturated carbocycles. The number of carbonyl (C=O) groups is 1. The van der Waals surface area contributed by atoms with Crippen molar-refractivity contribution >= 4 is 21.6 Å². The molecule has 0 aromatic heterocycles. The van der Waals surface area contributed by atoms with Gasteiger partial charge in [0.25, 0.3) is 0 Å². The molecule has 0 atom stereocenters. The van der Waals surface area contributed by atoms with E-state index >= 15 is 0 Å². The van der Waals surface area contributed by atoms with Crippen molar-refractivity contribution in [3.63, 3.8) is 0 Å². The SMILES string of the molecule is CC(C)NC1CCN(CC(=O)N2CCc3cc(S(=O)(=O)N4CCCCC4)ccc32)CC1. The third-order valence-corrected chi connectivity index (χ3v) is 8.61. The van der Waals surface area contributed by atoms with Crippen molar-refractivity contribution in [2.24, 2.45) is 0 Å². The molecule has 3 heterocycles. The molecular weight excluding hydrogens is 412 g/mol. The molecule has 2 saturated heterocycles. The number of carbonyl (C=O) groups excluding carboxylic acids is 1. The minimum Gasteiger partial charge on any atom is -0.312 e. The van der Waals surface area contributed by atoms with Gasteiger partial charge >= 0.3 is 0 Å². The van der Waals surface area contributed by atoms with Crippen LogP contribution in [0.15, 0.2) is 23.1 Å². The number of nitrogens with one attached hydrogen (secondary N) is 1. The molecule has 0 unspecified atom stereocenters. The largest absolute Gasteiger partial charge is 0.312 e. The number of rotatable bonds is 6. The normalized spacial score (nSPS) is 21.6. The maximum absolute atomic E-state index is 13.0. The number of hydrogen-bond donors (Lipinski definition) is 1. The van der Waals surface area contributed by atoms with Crippen LogP contribution in [0, 0.1) is 0 Å². The zero-order chi connectivity index (χ0) is 22.0. The molecule has 1 aromatic carbocycles. The summed E-state index contributed by atoms with van der Waals surface area (Å²) in [4.78, 5) is 17.5. The summed E-state index contributed by atoms with van der Waals surface area (Å²) in [5.74, 6) is 0.112. The van der Waals surface area contributed by atoms with E-state index in [1.807, 2.05) is 11.0 Å². The van der Waals surface area contributed by atoms with Gasteiger partial charge in [-0.15, -0.1) is 0 Å². The molecule has 0 aliphatic carbocycles. The van der Waals surface area contributed by atoms with Crippen LogP contribution >= 0.6 is 0 Å². The van der Waals surface area contributed by atoms with Gasteiger partial charge in [-0.1, -0.05) is 20.3 Å². The Morgan fingerprint density at radius 3 is 2.45 bits per heavy atom. The van der Waals surface area contributed by atoms with E-state index in [1.165, 1.54) is 0 Å². The van der Waals surface area contributed by atoms with Gasteiger partial charge in [0, 0.05) is 50.5 Å². The minimum atomic E-state index is -3.44. The van der Waals surface area contributed by atoms with Crippen LogP contribution in [-0.4, -0.2) is 74.9 Å². The number of sulfonamides is 1. The van der Waals surface area contributed by atoms with Gasteiger partial charge in [-0.3, -0.25) is 9.69 Å². The summed E-state index contributed by atoms with van der Waals surface area (Å²) in [5.41, 5.74) is 1.84. The first-order valence-corrected chi connectivity index (χ1v) is 13.2. The number of fused-ring (bicyclic) bond motifs is 1. The average Bonchev–Trinajstić information content (AvgIpc) is 3.19. The van der Waals surface area contributed by atoms with Crippen molar-refractivity contribution < 1.29 is 13.2 Å². The molecule has 31 heavy (non-hydrogen) atoms. The van der Waals surface area contributed by atoms with Gasteiger partial charge in [0.1, 0.15) is 0 Å². The number of nitrogens with zero attached hydrogens (tertiary/aromatic N) is 3. The summed E-state index contributed by atoms with van der Waals surface area (Å²) >= 11 is 0. The standard InChI is InChI=1S/C23H36N4O3S/c1-18(2)24-20-9-13-25(14-10-20)17-23(28)27-15-8-19-16-21(6-7-22(19)27)31(29,30)26-11-4-3-5-12-26/h6-7,16,18,20,24H,3-5,8-15,17H2,1-2H3. The fraction of sp³-hybridized carbons (Fsp3) is 0.696. The van der Waals surface area contributed by atoms with Gasteiger partial charge in [0.05, 0.1) is 11.4 Å². The Morgan fingerprint density at radius 1 is 1.06 bits per heavy atom. The lowest BCUT2D eigenvalue weighted by Crippen LogP contribution is -2.48. The van der Waals surface area contributed by atoms with E-state index < -0.39 is 10.0 Å². The third kappa shape index (κ3) is 5.13. The minimum absolute atomic E-state index is 0.112. The van der Waals surface area contributed by atoms with E-state index in [-0.39, 0.29) is 5.91 Å². The monoisotopic (exact) mass is 448 g/mol. The van der Waals surface area contributed by atoms with Gasteiger partial charge in [-0.05, 0) is 55.9 Å². The number of anilines is 1. The Hall–Kier alpha value is -1.48. The number of piperidine rings is 2. The highest BCUT2D eigenvalue weighted by Crippen LogP contribution is 2.32. The molecule has 7 nitrogen and oxygen atoms in total. The zero-order valence-corrected chi connectivity index (χ0v) is 19.7. The molecule has 3 aliphatic rings. The first-order chi connectivity index (χ1) is 14.8. The second-order valence-corrected chi connectivity index (χ2v) is 11.4. The first kappa shape index (κ1) is 22.7. The maximum atomic E-state index is 13.0. The predicted molar refractivity (Wildman–Crippen MR) is 123 cm³/mol. The molecule has 4 rings (SSSR count). The third-order valence-electron chi connectivity index (χ3n) is 6.72. The summed E-state index contributed by atoms with van der Waals surface area (Å²) in [5, 5.41) is 3.59. The molecule has 0 bridgehead atoms. The molecule has 2 fully saturated rings. The van der Waals surface area contributed by atoms with Gasteiger partial charge in [0.2, 0.25) is 15.9 Å². The lowest BCUT2D eigenvalue weighted by atomic mass is 10.0. The van der Waals surface area contributed by atoms with Crippen LogP contribution in [0.4, 0.5) is 5.69 Å². The first-order valence-electron chi connectivity index (χ1n) is 11.8. The smallest absolute Gasteiger partial charge is 0.243 e. The molecule has 1 aromatic rings. The fourth-order valence-corrected chi connectivity index (χ4v) is 6.63. The maximum Gasteiger partial charge on any atom is 0.243 e. The number of likely N-dealkylation sites (tertiary alicyclic amines) is 1. The van der Waals surface area contributed by atoms with Crippen LogP contribution in [0.25, 0.3) is 0 Å². The quantitative estimate of drug-likeness (QED) is 0.722. The van der Waals surface area contributed by atoms with Gasteiger partial charge in [-0.25, -0.2) is 8.42 Å². The van der Waals surface area contributed by atoms with E-state index in [1.54, 1.807) is 16.4 Å². The molecule has 172 valence electrons. The number of amides is 1. The van der Waals surface area contributed by atoms with Crippen LogP contribution < -0.4 is 10.2 Å². The fourth-order valence-electron chi connectivity index (χ4n) is 5.06. The highest BCUT2D eigenvalue weighted by atomic mass is 32.2. The number of benzene rings is 1. The Labute approximate surface area is 186 Å². The highest BCUT2D eigenvalue weighted by Gasteiger charge is 2.31. The lowest BCUT2D eigenvalue weighted by molar-refractivity contribution is -0.119. The van der Waals surface area contributed by atoms with E-state index in [0.29, 0.717) is 49.6 Å². The van der Waals surface area contributed by atoms with Crippen molar-refractivity contribution in [1.29, 1.82) is 0 Å². The van der Waals surface area contributed by atoms with Crippen molar-refractivity contribution in [2.75, 3.05) is 44.2 Å². The van der Waals surface area contributed by atoms with Crippen LogP contribution in [0.2, 0.25) is 0 Å². The van der Waals surface area contributed by atoms with Gasteiger partial charge in [0.15, 0.2) is 0 Å². The summed E-state index contributed by atoms with van der Waals surface area (Å²) in [7, 11) is -3.44. The second-order valence-electron chi connectivity index (χ2n) is 9.42. The average molecular weight is 449 g/mol. The summed E-state index contributed by atoms with van der Waals surface area (Å²) in [6, 6.07) is 6.32. The van der Waals surface area contributed by atoms with E-state index in [9.17, 15) is 13.2 Å². The Morgan fingerprint density at radius 2 is 1.77 bits per heavy atom. The molecule has 0 radical (unpaired) electrons. The van der Waals surface area contributed by atoms with Crippen molar-refractivity contribution in [2.45, 2.75) is 69.4 Å². The van der Waals surface area contributed by atoms with E-state index in [4.69, 9.17) is 0 Å². The van der Waals surface area contributed by atoms with Crippen LogP contribution in [0.5, 0.6) is 0 Å². The van der Waals surface area contributed by atoms with Crippen LogP contribution in [-0.2, 0) is 21.2 Å². The Kier molecular flexibility index (Phi) is 7.01. The topological polar surface area (TPSA) is 73.0 Å². The molecular formula is C23H36N4O3S. The molecule has 1 N–H and O–H groups in total. The van der Waals surface area contributed by atoms with Crippen molar-refractivity contribution in [3.8, 4) is 0 Å².